The third kappa shape index (κ3) is 3.34. The van der Waals surface area contributed by atoms with Gasteiger partial charge in [-0.2, -0.15) is 0 Å². The van der Waals surface area contributed by atoms with Crippen molar-refractivity contribution in [2.45, 2.75) is 26.8 Å². The summed E-state index contributed by atoms with van der Waals surface area (Å²) in [5, 5.41) is 9.76. The number of phenols is 1. The summed E-state index contributed by atoms with van der Waals surface area (Å²) in [6.45, 7) is 5.82. The second kappa shape index (κ2) is 5.34. The van der Waals surface area contributed by atoms with E-state index in [4.69, 9.17) is 5.73 Å². The predicted octanol–water partition coefficient (Wildman–Crippen LogP) is 3.76. The first kappa shape index (κ1) is 15.7. The predicted molar refractivity (Wildman–Crippen MR) is 69.4 cm³/mol. The van der Waals surface area contributed by atoms with E-state index in [9.17, 15) is 9.50 Å². The summed E-state index contributed by atoms with van der Waals surface area (Å²) < 4.78 is 13.5. The van der Waals surface area contributed by atoms with E-state index < -0.39 is 11.9 Å². The minimum Gasteiger partial charge on any atom is -0.506 e. The molecule has 1 atom stereocenters. The van der Waals surface area contributed by atoms with Crippen molar-refractivity contribution in [1.82, 2.24) is 0 Å². The van der Waals surface area contributed by atoms with Gasteiger partial charge in [-0.25, -0.2) is 4.39 Å². The Kier molecular flexibility index (Phi) is 5.23. The van der Waals surface area contributed by atoms with Crippen molar-refractivity contribution in [2.24, 2.45) is 11.1 Å². The zero-order valence-electron chi connectivity index (χ0n) is 9.42. The van der Waals surface area contributed by atoms with Crippen LogP contribution in [0.25, 0.3) is 0 Å². The fourth-order valence-corrected chi connectivity index (χ4v) is 1.74. The quantitative estimate of drug-likeness (QED) is 0.829. The summed E-state index contributed by atoms with van der Waals surface area (Å²) in [6, 6.07) is 2.08. The van der Waals surface area contributed by atoms with Gasteiger partial charge >= 0.3 is 0 Å². The molecule has 0 fully saturated rings. The summed E-state index contributed by atoms with van der Waals surface area (Å²) in [6.07, 6.45) is 0. The molecule has 1 aromatic carbocycles. The van der Waals surface area contributed by atoms with Gasteiger partial charge < -0.3 is 10.8 Å². The summed E-state index contributed by atoms with van der Waals surface area (Å²) >= 11 is 3.09. The summed E-state index contributed by atoms with van der Waals surface area (Å²) in [5.74, 6) is -0.395. The molecular formula is C11H16BrClFNO. The van der Waals surface area contributed by atoms with Gasteiger partial charge in [0.2, 0.25) is 0 Å². The highest BCUT2D eigenvalue weighted by molar-refractivity contribution is 9.10. The first-order valence-electron chi connectivity index (χ1n) is 4.67. The molecule has 0 bridgehead atoms. The average molecular weight is 313 g/mol. The number of aromatic hydroxyl groups is 1. The third-order valence-electron chi connectivity index (χ3n) is 2.33. The van der Waals surface area contributed by atoms with Crippen molar-refractivity contribution >= 4 is 28.3 Å². The lowest BCUT2D eigenvalue weighted by Crippen LogP contribution is -2.26. The zero-order chi connectivity index (χ0) is 11.8. The molecule has 1 rings (SSSR count). The van der Waals surface area contributed by atoms with Crippen LogP contribution in [0.1, 0.15) is 32.4 Å². The smallest absolute Gasteiger partial charge is 0.134 e. The van der Waals surface area contributed by atoms with E-state index in [1.165, 1.54) is 12.1 Å². The number of halogens is 3. The van der Waals surface area contributed by atoms with E-state index in [2.05, 4.69) is 15.9 Å². The van der Waals surface area contributed by atoms with E-state index in [-0.39, 0.29) is 23.6 Å². The van der Waals surface area contributed by atoms with Crippen LogP contribution in [0.4, 0.5) is 4.39 Å². The molecule has 5 heteroatoms. The highest BCUT2D eigenvalue weighted by atomic mass is 79.9. The molecule has 0 unspecified atom stereocenters. The molecule has 92 valence electrons. The molecule has 0 aromatic heterocycles. The molecule has 16 heavy (non-hydrogen) atoms. The molecule has 0 saturated heterocycles. The minimum absolute atomic E-state index is 0. The van der Waals surface area contributed by atoms with E-state index in [0.717, 1.165) is 0 Å². The third-order valence-corrected chi connectivity index (χ3v) is 2.93. The molecule has 0 aliphatic carbocycles. The number of phenolic OH excluding ortho intramolecular Hbond substituents is 1. The fraction of sp³-hybridized carbons (Fsp3) is 0.455. The standard InChI is InChI=1S/C11H15BrFNO.ClH/c1-11(2,3)10(14)7-4-6(13)5-8(12)9(7)15;/h4-5,10,15H,14H2,1-3H3;1H/t10-;/m1./s1. The number of benzene rings is 1. The Morgan fingerprint density at radius 2 is 1.88 bits per heavy atom. The Morgan fingerprint density at radius 3 is 2.31 bits per heavy atom. The topological polar surface area (TPSA) is 46.2 Å². The first-order valence-corrected chi connectivity index (χ1v) is 5.46. The molecule has 0 radical (unpaired) electrons. The molecule has 0 amide bonds. The summed E-state index contributed by atoms with van der Waals surface area (Å²) in [5.41, 5.74) is 6.16. The molecule has 0 aliphatic rings. The number of rotatable bonds is 1. The average Bonchev–Trinajstić information content (AvgIpc) is 2.08. The van der Waals surface area contributed by atoms with Crippen molar-refractivity contribution in [3.63, 3.8) is 0 Å². The molecule has 3 N–H and O–H groups in total. The first-order chi connectivity index (χ1) is 6.73. The van der Waals surface area contributed by atoms with E-state index in [1.54, 1.807) is 0 Å². The molecule has 0 spiro atoms. The number of hydrogen-bond donors (Lipinski definition) is 2. The minimum atomic E-state index is -0.413. The number of hydrogen-bond acceptors (Lipinski definition) is 2. The van der Waals surface area contributed by atoms with Crippen LogP contribution in [0.2, 0.25) is 0 Å². The van der Waals surface area contributed by atoms with Crippen LogP contribution in [-0.4, -0.2) is 5.11 Å². The maximum absolute atomic E-state index is 13.2. The molecule has 2 nitrogen and oxygen atoms in total. The van der Waals surface area contributed by atoms with Crippen LogP contribution in [0, 0.1) is 11.2 Å². The van der Waals surface area contributed by atoms with Gasteiger partial charge in [-0.1, -0.05) is 20.8 Å². The van der Waals surface area contributed by atoms with Gasteiger partial charge in [-0.05, 0) is 33.5 Å². The van der Waals surface area contributed by atoms with Gasteiger partial charge in [0, 0.05) is 11.6 Å². The Labute approximate surface area is 110 Å². The summed E-state index contributed by atoms with van der Waals surface area (Å²) in [4.78, 5) is 0. The van der Waals surface area contributed by atoms with Crippen molar-refractivity contribution in [1.29, 1.82) is 0 Å². The van der Waals surface area contributed by atoms with Gasteiger partial charge in [0.15, 0.2) is 0 Å². The molecule has 0 saturated carbocycles. The Bertz CT molecular complexity index is 379. The monoisotopic (exact) mass is 311 g/mol. The van der Waals surface area contributed by atoms with Crippen LogP contribution in [0.5, 0.6) is 5.75 Å². The van der Waals surface area contributed by atoms with Crippen molar-refractivity contribution < 1.29 is 9.50 Å². The zero-order valence-corrected chi connectivity index (χ0v) is 11.8. The van der Waals surface area contributed by atoms with Crippen LogP contribution >= 0.6 is 28.3 Å². The Morgan fingerprint density at radius 1 is 1.38 bits per heavy atom. The van der Waals surface area contributed by atoms with E-state index in [0.29, 0.717) is 10.0 Å². The molecular weight excluding hydrogens is 296 g/mol. The lowest BCUT2D eigenvalue weighted by atomic mass is 9.83. The van der Waals surface area contributed by atoms with E-state index in [1.807, 2.05) is 20.8 Å². The lowest BCUT2D eigenvalue weighted by molar-refractivity contribution is 0.316. The van der Waals surface area contributed by atoms with Crippen LogP contribution in [0.15, 0.2) is 16.6 Å². The highest BCUT2D eigenvalue weighted by Gasteiger charge is 2.26. The molecule has 0 heterocycles. The maximum Gasteiger partial charge on any atom is 0.134 e. The van der Waals surface area contributed by atoms with Crippen LogP contribution in [-0.2, 0) is 0 Å². The van der Waals surface area contributed by atoms with Gasteiger partial charge in [-0.15, -0.1) is 12.4 Å². The Balaban J connectivity index is 0.00000225. The molecule has 0 aliphatic heterocycles. The van der Waals surface area contributed by atoms with Crippen molar-refractivity contribution in [2.75, 3.05) is 0 Å². The highest BCUT2D eigenvalue weighted by Crippen LogP contribution is 2.38. The fourth-order valence-electron chi connectivity index (χ4n) is 1.29. The number of nitrogens with two attached hydrogens (primary N) is 1. The van der Waals surface area contributed by atoms with E-state index >= 15 is 0 Å². The SMILES string of the molecule is CC(C)(C)[C@H](N)c1cc(F)cc(Br)c1O.Cl. The lowest BCUT2D eigenvalue weighted by Gasteiger charge is -2.28. The van der Waals surface area contributed by atoms with Crippen molar-refractivity contribution in [3.05, 3.63) is 28.0 Å². The second-order valence-corrected chi connectivity index (χ2v) is 5.52. The van der Waals surface area contributed by atoms with Crippen LogP contribution < -0.4 is 5.73 Å². The Hall–Kier alpha value is -0.320. The second-order valence-electron chi connectivity index (χ2n) is 4.67. The molecule has 1 aromatic rings. The van der Waals surface area contributed by atoms with Gasteiger partial charge in [0.05, 0.1) is 4.47 Å². The van der Waals surface area contributed by atoms with Gasteiger partial charge in [-0.3, -0.25) is 0 Å². The largest absolute Gasteiger partial charge is 0.506 e. The summed E-state index contributed by atoms with van der Waals surface area (Å²) in [7, 11) is 0. The van der Waals surface area contributed by atoms with Crippen LogP contribution in [0.3, 0.4) is 0 Å². The van der Waals surface area contributed by atoms with Gasteiger partial charge in [0.1, 0.15) is 11.6 Å². The normalized spacial score (nSPS) is 13.1. The van der Waals surface area contributed by atoms with Crippen molar-refractivity contribution in [3.8, 4) is 5.75 Å². The van der Waals surface area contributed by atoms with Gasteiger partial charge in [0.25, 0.3) is 0 Å². The maximum atomic E-state index is 13.2.